The maximum atomic E-state index is 9.81. The quantitative estimate of drug-likeness (QED) is 0.892. The number of aromatic nitrogens is 3. The van der Waals surface area contributed by atoms with Crippen LogP contribution in [0.2, 0.25) is 5.02 Å². The van der Waals surface area contributed by atoms with Crippen LogP contribution in [0.1, 0.15) is 25.1 Å². The van der Waals surface area contributed by atoms with Gasteiger partial charge in [0.05, 0.1) is 11.9 Å². The van der Waals surface area contributed by atoms with Crippen molar-refractivity contribution in [2.75, 3.05) is 0 Å². The van der Waals surface area contributed by atoms with E-state index in [1.54, 1.807) is 24.7 Å². The van der Waals surface area contributed by atoms with E-state index in [2.05, 4.69) is 10.3 Å². The zero-order chi connectivity index (χ0) is 12.6. The highest BCUT2D eigenvalue weighted by molar-refractivity contribution is 6.31. The summed E-state index contributed by atoms with van der Waals surface area (Å²) in [6, 6.07) is 5.65. The van der Waals surface area contributed by atoms with Crippen molar-refractivity contribution in [3.8, 4) is 5.69 Å². The number of aryl methyl sites for hydroxylation is 1. The first kappa shape index (κ1) is 12.1. The number of hydrogen-bond donors (Lipinski definition) is 1. The molecule has 0 aliphatic heterocycles. The van der Waals surface area contributed by atoms with Gasteiger partial charge in [-0.05, 0) is 38.5 Å². The fraction of sp³-hybridized carbons (Fsp3) is 0.333. The third-order valence-electron chi connectivity index (χ3n) is 2.54. The molecule has 90 valence electrons. The van der Waals surface area contributed by atoms with Crippen molar-refractivity contribution in [2.24, 2.45) is 0 Å². The van der Waals surface area contributed by atoms with Crippen LogP contribution >= 0.6 is 11.6 Å². The number of halogens is 1. The lowest BCUT2D eigenvalue weighted by Crippen LogP contribution is -2.15. The van der Waals surface area contributed by atoms with Gasteiger partial charge >= 0.3 is 0 Å². The summed E-state index contributed by atoms with van der Waals surface area (Å²) in [6.45, 7) is 5.28. The van der Waals surface area contributed by atoms with Crippen molar-refractivity contribution in [1.29, 1.82) is 0 Å². The molecule has 0 amide bonds. The Kier molecular flexibility index (Phi) is 2.93. The molecule has 0 fully saturated rings. The van der Waals surface area contributed by atoms with Gasteiger partial charge in [-0.1, -0.05) is 22.9 Å². The van der Waals surface area contributed by atoms with Crippen molar-refractivity contribution in [1.82, 2.24) is 15.0 Å². The Morgan fingerprint density at radius 2 is 2.06 bits per heavy atom. The van der Waals surface area contributed by atoms with Crippen LogP contribution in [0.15, 0.2) is 24.4 Å². The predicted octanol–water partition coefficient (Wildman–Crippen LogP) is 2.46. The van der Waals surface area contributed by atoms with E-state index >= 15 is 0 Å². The van der Waals surface area contributed by atoms with E-state index in [9.17, 15) is 5.11 Å². The molecule has 0 atom stereocenters. The summed E-state index contributed by atoms with van der Waals surface area (Å²) in [6.07, 6.45) is 1.70. The predicted molar refractivity (Wildman–Crippen MR) is 66.4 cm³/mol. The molecule has 0 unspecified atom stereocenters. The number of nitrogens with zero attached hydrogens (tertiary/aromatic N) is 3. The molecular weight excluding hydrogens is 238 g/mol. The van der Waals surface area contributed by atoms with Gasteiger partial charge in [0.15, 0.2) is 0 Å². The highest BCUT2D eigenvalue weighted by atomic mass is 35.5. The highest BCUT2D eigenvalue weighted by Gasteiger charge is 2.20. The van der Waals surface area contributed by atoms with E-state index in [0.717, 1.165) is 11.3 Å². The molecule has 1 heterocycles. The van der Waals surface area contributed by atoms with Crippen molar-refractivity contribution < 1.29 is 5.11 Å². The second-order valence-electron chi connectivity index (χ2n) is 4.54. The van der Waals surface area contributed by atoms with Gasteiger partial charge in [0.2, 0.25) is 0 Å². The molecule has 0 bridgehead atoms. The fourth-order valence-electron chi connectivity index (χ4n) is 1.39. The first-order valence-electron chi connectivity index (χ1n) is 5.29. The third kappa shape index (κ3) is 2.48. The van der Waals surface area contributed by atoms with E-state index < -0.39 is 5.60 Å². The molecule has 5 heteroatoms. The zero-order valence-corrected chi connectivity index (χ0v) is 10.7. The first-order valence-corrected chi connectivity index (χ1v) is 5.67. The average molecular weight is 252 g/mol. The summed E-state index contributed by atoms with van der Waals surface area (Å²) in [7, 11) is 0. The van der Waals surface area contributed by atoms with Gasteiger partial charge in [-0.2, -0.15) is 0 Å². The molecule has 4 nitrogen and oxygen atoms in total. The van der Waals surface area contributed by atoms with Gasteiger partial charge in [0.25, 0.3) is 0 Å². The van der Waals surface area contributed by atoms with Crippen molar-refractivity contribution in [3.63, 3.8) is 0 Å². The van der Waals surface area contributed by atoms with Crippen LogP contribution in [-0.2, 0) is 5.60 Å². The van der Waals surface area contributed by atoms with Crippen LogP contribution in [0, 0.1) is 6.92 Å². The molecule has 2 rings (SSSR count). The monoisotopic (exact) mass is 251 g/mol. The normalized spacial score (nSPS) is 11.8. The van der Waals surface area contributed by atoms with E-state index in [-0.39, 0.29) is 0 Å². The van der Waals surface area contributed by atoms with Crippen molar-refractivity contribution >= 4 is 11.6 Å². The molecule has 1 aromatic carbocycles. The summed E-state index contributed by atoms with van der Waals surface area (Å²) in [5, 5.41) is 18.4. The summed E-state index contributed by atoms with van der Waals surface area (Å²) in [5.41, 5.74) is 1.36. The zero-order valence-electron chi connectivity index (χ0n) is 9.98. The largest absolute Gasteiger partial charge is 0.384 e. The highest BCUT2D eigenvalue weighted by Crippen LogP contribution is 2.21. The van der Waals surface area contributed by atoms with Gasteiger partial charge in [-0.15, -0.1) is 5.10 Å². The van der Waals surface area contributed by atoms with E-state index in [4.69, 9.17) is 11.6 Å². The minimum absolute atomic E-state index is 0.522. The third-order valence-corrected chi connectivity index (χ3v) is 2.95. The number of hydrogen-bond acceptors (Lipinski definition) is 3. The van der Waals surface area contributed by atoms with Crippen LogP contribution in [-0.4, -0.2) is 20.1 Å². The van der Waals surface area contributed by atoms with E-state index in [0.29, 0.717) is 10.7 Å². The number of rotatable bonds is 2. The van der Waals surface area contributed by atoms with Gasteiger partial charge in [-0.25, -0.2) is 4.68 Å². The van der Waals surface area contributed by atoms with Crippen molar-refractivity contribution in [2.45, 2.75) is 26.4 Å². The molecule has 1 aromatic heterocycles. The Morgan fingerprint density at radius 3 is 2.59 bits per heavy atom. The Labute approximate surface area is 105 Å². The summed E-state index contributed by atoms with van der Waals surface area (Å²) >= 11 is 6.05. The molecule has 17 heavy (non-hydrogen) atoms. The van der Waals surface area contributed by atoms with Crippen LogP contribution in [0.3, 0.4) is 0 Å². The Morgan fingerprint density at radius 1 is 1.35 bits per heavy atom. The lowest BCUT2D eigenvalue weighted by molar-refractivity contribution is 0.0737. The minimum atomic E-state index is -0.993. The lowest BCUT2D eigenvalue weighted by Gasteiger charge is -2.11. The Bertz CT molecular complexity index is 543. The topological polar surface area (TPSA) is 50.9 Å². The Hall–Kier alpha value is -1.39. The van der Waals surface area contributed by atoms with Crippen LogP contribution < -0.4 is 0 Å². The molecule has 2 aromatic rings. The van der Waals surface area contributed by atoms with Crippen LogP contribution in [0.5, 0.6) is 0 Å². The molecule has 0 aliphatic carbocycles. The van der Waals surface area contributed by atoms with E-state index in [1.165, 1.54) is 0 Å². The fourth-order valence-corrected chi connectivity index (χ4v) is 1.57. The Balaban J connectivity index is 2.40. The van der Waals surface area contributed by atoms with Crippen molar-refractivity contribution in [3.05, 3.63) is 40.7 Å². The van der Waals surface area contributed by atoms with Gasteiger partial charge in [-0.3, -0.25) is 0 Å². The number of benzene rings is 1. The van der Waals surface area contributed by atoms with Crippen LogP contribution in [0.4, 0.5) is 0 Å². The molecule has 1 N–H and O–H groups in total. The second kappa shape index (κ2) is 4.13. The maximum Gasteiger partial charge on any atom is 0.114 e. The summed E-state index contributed by atoms with van der Waals surface area (Å²) in [4.78, 5) is 0. The van der Waals surface area contributed by atoms with Gasteiger partial charge in [0, 0.05) is 5.02 Å². The smallest absolute Gasteiger partial charge is 0.114 e. The SMILES string of the molecule is Cc1ccc(-n2cc(C(C)(C)O)nn2)cc1Cl. The molecule has 0 aliphatic rings. The summed E-state index contributed by atoms with van der Waals surface area (Å²) < 4.78 is 1.60. The molecule has 0 saturated heterocycles. The molecular formula is C12H14ClN3O. The second-order valence-corrected chi connectivity index (χ2v) is 4.95. The summed E-state index contributed by atoms with van der Waals surface area (Å²) in [5.74, 6) is 0. The maximum absolute atomic E-state index is 9.81. The van der Waals surface area contributed by atoms with E-state index in [1.807, 2.05) is 25.1 Å². The molecule has 0 radical (unpaired) electrons. The number of aliphatic hydroxyl groups is 1. The minimum Gasteiger partial charge on any atom is -0.384 e. The van der Waals surface area contributed by atoms with Gasteiger partial charge < -0.3 is 5.11 Å². The average Bonchev–Trinajstić information content (AvgIpc) is 2.70. The lowest BCUT2D eigenvalue weighted by atomic mass is 10.1. The molecule has 0 spiro atoms. The standard InChI is InChI=1S/C12H14ClN3O/c1-8-4-5-9(6-10(8)13)16-7-11(14-15-16)12(2,3)17/h4-7,17H,1-3H3. The van der Waals surface area contributed by atoms with Gasteiger partial charge in [0.1, 0.15) is 11.3 Å². The molecule has 0 saturated carbocycles. The van der Waals surface area contributed by atoms with Crippen LogP contribution in [0.25, 0.3) is 5.69 Å². The first-order chi connectivity index (χ1) is 7.88.